The number of nitrogens with zero attached hydrogens (tertiary/aromatic N) is 2. The van der Waals surface area contributed by atoms with E-state index in [0.717, 1.165) is 59.4 Å². The summed E-state index contributed by atoms with van der Waals surface area (Å²) in [6.45, 7) is 1.76. The number of amides is 1. The molecule has 1 amide bonds. The minimum atomic E-state index is -3.04. The summed E-state index contributed by atoms with van der Waals surface area (Å²) in [5.41, 5.74) is 3.68. The van der Waals surface area contributed by atoms with E-state index < -0.39 is 9.84 Å². The summed E-state index contributed by atoms with van der Waals surface area (Å²) in [7, 11) is -3.04. The normalized spacial score (nSPS) is 18.4. The van der Waals surface area contributed by atoms with Gasteiger partial charge in [-0.2, -0.15) is 0 Å². The van der Waals surface area contributed by atoms with E-state index >= 15 is 0 Å². The average molecular weight is 528 g/mol. The number of aromatic amines is 1. The summed E-state index contributed by atoms with van der Waals surface area (Å²) in [5, 5.41) is 7.25. The third kappa shape index (κ3) is 6.22. The Morgan fingerprint density at radius 3 is 2.81 bits per heavy atom. The van der Waals surface area contributed by atoms with Crippen molar-refractivity contribution in [3.05, 3.63) is 41.9 Å². The molecule has 3 N–H and O–H groups in total. The molecule has 3 heterocycles. The molecule has 1 unspecified atom stereocenters. The van der Waals surface area contributed by atoms with E-state index in [1.807, 2.05) is 24.3 Å². The standard InChI is InChI=1S/C26H33N5O5S/c1-37(33,34)14-4-11-27-26(32)17-7-8-20-19(15-17)23-24(30-20)28-16-29-25(23)31-21-5-2-3-6-22(21)36-18-9-12-35-13-10-18/h2-3,5-6,16-18H,4,7-15H2,1H3,(H,27,32)(H2,28,29,30,31). The number of hydrogen-bond acceptors (Lipinski definition) is 8. The van der Waals surface area contributed by atoms with Gasteiger partial charge in [-0.25, -0.2) is 18.4 Å². The molecule has 2 aromatic heterocycles. The molecule has 1 saturated heterocycles. The Morgan fingerprint density at radius 2 is 2.00 bits per heavy atom. The lowest BCUT2D eigenvalue weighted by atomic mass is 9.86. The van der Waals surface area contributed by atoms with E-state index in [0.29, 0.717) is 38.4 Å². The van der Waals surface area contributed by atoms with Crippen molar-refractivity contribution in [1.29, 1.82) is 0 Å². The number of benzene rings is 1. The second-order valence-electron chi connectivity index (χ2n) is 9.79. The number of rotatable bonds is 9. The first-order valence-electron chi connectivity index (χ1n) is 12.8. The van der Waals surface area contributed by atoms with Crippen LogP contribution in [0.5, 0.6) is 5.75 Å². The second-order valence-corrected chi connectivity index (χ2v) is 12.1. The van der Waals surface area contributed by atoms with Crippen LogP contribution in [-0.2, 0) is 32.2 Å². The molecular weight excluding hydrogens is 494 g/mol. The Bertz CT molecular complexity index is 1370. The maximum atomic E-state index is 12.9. The molecule has 0 radical (unpaired) electrons. The summed E-state index contributed by atoms with van der Waals surface area (Å²) in [5.74, 6) is 1.25. The number of nitrogens with one attached hydrogen (secondary N) is 3. The van der Waals surface area contributed by atoms with Crippen molar-refractivity contribution < 1.29 is 22.7 Å². The zero-order chi connectivity index (χ0) is 25.8. The van der Waals surface area contributed by atoms with E-state index in [4.69, 9.17) is 9.47 Å². The minimum Gasteiger partial charge on any atom is -0.488 e. The molecule has 0 spiro atoms. The Morgan fingerprint density at radius 1 is 1.19 bits per heavy atom. The van der Waals surface area contributed by atoms with Gasteiger partial charge in [0.2, 0.25) is 5.91 Å². The second kappa shape index (κ2) is 11.1. The lowest BCUT2D eigenvalue weighted by Crippen LogP contribution is -2.35. The van der Waals surface area contributed by atoms with E-state index in [9.17, 15) is 13.2 Å². The molecule has 1 aromatic carbocycles. The third-order valence-electron chi connectivity index (χ3n) is 6.94. The van der Waals surface area contributed by atoms with Crippen molar-refractivity contribution in [2.45, 2.75) is 44.6 Å². The van der Waals surface area contributed by atoms with Crippen LogP contribution in [0.4, 0.5) is 11.5 Å². The number of anilines is 2. The molecule has 5 rings (SSSR count). The van der Waals surface area contributed by atoms with Crippen molar-refractivity contribution in [1.82, 2.24) is 20.3 Å². The van der Waals surface area contributed by atoms with Gasteiger partial charge < -0.3 is 25.1 Å². The summed E-state index contributed by atoms with van der Waals surface area (Å²) < 4.78 is 34.4. The molecule has 11 heteroatoms. The Labute approximate surface area is 216 Å². The van der Waals surface area contributed by atoms with Gasteiger partial charge in [0.15, 0.2) is 0 Å². The monoisotopic (exact) mass is 527 g/mol. The van der Waals surface area contributed by atoms with E-state index in [-0.39, 0.29) is 23.7 Å². The number of carbonyl (C=O) groups excluding carboxylic acids is 1. The first-order chi connectivity index (χ1) is 17.9. The molecule has 1 atom stereocenters. The van der Waals surface area contributed by atoms with Crippen LogP contribution in [0.3, 0.4) is 0 Å². The highest BCUT2D eigenvalue weighted by molar-refractivity contribution is 7.90. The molecule has 0 bridgehead atoms. The zero-order valence-electron chi connectivity index (χ0n) is 21.0. The van der Waals surface area contributed by atoms with Crippen molar-refractivity contribution in [2.24, 2.45) is 5.92 Å². The summed E-state index contributed by atoms with van der Waals surface area (Å²) >= 11 is 0. The number of fused-ring (bicyclic) bond motifs is 3. The number of ether oxygens (including phenoxy) is 2. The molecule has 2 aliphatic rings. The first kappa shape index (κ1) is 25.5. The molecule has 1 aliphatic carbocycles. The van der Waals surface area contributed by atoms with Crippen LogP contribution < -0.4 is 15.4 Å². The van der Waals surface area contributed by atoms with Crippen molar-refractivity contribution in [2.75, 3.05) is 37.1 Å². The van der Waals surface area contributed by atoms with Crippen LogP contribution in [0.1, 0.15) is 36.9 Å². The number of sulfone groups is 1. The highest BCUT2D eigenvalue weighted by atomic mass is 32.2. The number of para-hydroxylation sites is 2. The molecule has 0 saturated carbocycles. The largest absolute Gasteiger partial charge is 0.488 e. The number of aryl methyl sites for hydroxylation is 1. The molecule has 1 fully saturated rings. The van der Waals surface area contributed by atoms with Gasteiger partial charge in [-0.1, -0.05) is 12.1 Å². The van der Waals surface area contributed by atoms with Gasteiger partial charge in [-0.05, 0) is 43.4 Å². The molecule has 10 nitrogen and oxygen atoms in total. The third-order valence-corrected chi connectivity index (χ3v) is 7.97. The Hall–Kier alpha value is -3.18. The van der Waals surface area contributed by atoms with E-state index in [1.165, 1.54) is 12.6 Å². The van der Waals surface area contributed by atoms with Crippen molar-refractivity contribution >= 4 is 38.3 Å². The topological polar surface area (TPSA) is 135 Å². The minimum absolute atomic E-state index is 0.0462. The average Bonchev–Trinajstić information content (AvgIpc) is 3.26. The number of H-pyrrole nitrogens is 1. The fourth-order valence-electron chi connectivity index (χ4n) is 5.02. The SMILES string of the molecule is CS(=O)(=O)CCCNC(=O)C1CCc2[nH]c3ncnc(Nc4ccccc4OC4CCOCC4)c3c2C1. The van der Waals surface area contributed by atoms with Crippen molar-refractivity contribution in [3.63, 3.8) is 0 Å². The summed E-state index contributed by atoms with van der Waals surface area (Å²) in [6, 6.07) is 7.82. The highest BCUT2D eigenvalue weighted by Crippen LogP contribution is 2.37. The van der Waals surface area contributed by atoms with E-state index in [1.54, 1.807) is 0 Å². The molecule has 3 aromatic rings. The van der Waals surface area contributed by atoms with Crippen LogP contribution in [0.25, 0.3) is 11.0 Å². The van der Waals surface area contributed by atoms with Gasteiger partial charge in [0.25, 0.3) is 0 Å². The smallest absolute Gasteiger partial charge is 0.223 e. The van der Waals surface area contributed by atoms with Gasteiger partial charge in [-0.15, -0.1) is 0 Å². The molecule has 1 aliphatic heterocycles. The molecule has 198 valence electrons. The number of aromatic nitrogens is 3. The molecule has 37 heavy (non-hydrogen) atoms. The quantitative estimate of drug-likeness (QED) is 0.362. The predicted octanol–water partition coefficient (Wildman–Crippen LogP) is 2.92. The maximum Gasteiger partial charge on any atom is 0.223 e. The van der Waals surface area contributed by atoms with Crippen LogP contribution in [0, 0.1) is 5.92 Å². The number of hydrogen-bond donors (Lipinski definition) is 3. The molecular formula is C26H33N5O5S. The van der Waals surface area contributed by atoms with Crippen LogP contribution >= 0.6 is 0 Å². The zero-order valence-corrected chi connectivity index (χ0v) is 21.8. The van der Waals surface area contributed by atoms with Gasteiger partial charge in [0.05, 0.1) is 30.0 Å². The van der Waals surface area contributed by atoms with Gasteiger partial charge in [0, 0.05) is 37.3 Å². The summed E-state index contributed by atoms with van der Waals surface area (Å²) in [6.07, 6.45) is 6.98. The van der Waals surface area contributed by atoms with Crippen LogP contribution in [0.2, 0.25) is 0 Å². The Kier molecular flexibility index (Phi) is 7.61. The highest BCUT2D eigenvalue weighted by Gasteiger charge is 2.29. The van der Waals surface area contributed by atoms with E-state index in [2.05, 4.69) is 25.6 Å². The fraction of sp³-hybridized carbons (Fsp3) is 0.500. The van der Waals surface area contributed by atoms with Gasteiger partial charge in [0.1, 0.15) is 39.5 Å². The van der Waals surface area contributed by atoms with Crippen LogP contribution in [-0.4, -0.2) is 67.1 Å². The van der Waals surface area contributed by atoms with Crippen molar-refractivity contribution in [3.8, 4) is 5.75 Å². The maximum absolute atomic E-state index is 12.9. The first-order valence-corrected chi connectivity index (χ1v) is 14.8. The fourth-order valence-corrected chi connectivity index (χ4v) is 5.69. The lowest BCUT2D eigenvalue weighted by Gasteiger charge is -2.25. The summed E-state index contributed by atoms with van der Waals surface area (Å²) in [4.78, 5) is 25.3. The lowest BCUT2D eigenvalue weighted by molar-refractivity contribution is -0.125. The number of carbonyl (C=O) groups is 1. The van der Waals surface area contributed by atoms with Gasteiger partial charge >= 0.3 is 0 Å². The van der Waals surface area contributed by atoms with Gasteiger partial charge in [-0.3, -0.25) is 4.79 Å². The van der Waals surface area contributed by atoms with Crippen LogP contribution in [0.15, 0.2) is 30.6 Å². The Balaban J connectivity index is 1.33. The predicted molar refractivity (Wildman–Crippen MR) is 141 cm³/mol.